The Bertz CT molecular complexity index is 556. The van der Waals surface area contributed by atoms with Gasteiger partial charge in [0.15, 0.2) is 0 Å². The van der Waals surface area contributed by atoms with Crippen LogP contribution in [0.15, 0.2) is 23.1 Å². The van der Waals surface area contributed by atoms with Gasteiger partial charge in [0.1, 0.15) is 0 Å². The number of aryl methyl sites for hydroxylation is 1. The fourth-order valence-corrected chi connectivity index (χ4v) is 3.39. The maximum Gasteiger partial charge on any atom is 0.240 e. The van der Waals surface area contributed by atoms with Crippen molar-refractivity contribution in [3.63, 3.8) is 0 Å². The average Bonchev–Trinajstić information content (AvgIpc) is 2.43. The molecule has 1 unspecified atom stereocenters. The van der Waals surface area contributed by atoms with Gasteiger partial charge >= 0.3 is 0 Å². The molecule has 0 amide bonds. The van der Waals surface area contributed by atoms with Gasteiger partial charge in [-0.2, -0.15) is 0 Å². The summed E-state index contributed by atoms with van der Waals surface area (Å²) in [5.74, 6) is 0.149. The smallest absolute Gasteiger partial charge is 0.240 e. The summed E-state index contributed by atoms with van der Waals surface area (Å²) in [6.07, 6.45) is 0. The van der Waals surface area contributed by atoms with Crippen molar-refractivity contribution in [1.82, 2.24) is 4.72 Å². The van der Waals surface area contributed by atoms with E-state index in [2.05, 4.69) is 4.72 Å². The molecule has 0 spiro atoms. The van der Waals surface area contributed by atoms with Gasteiger partial charge in [-0.25, -0.2) is 13.1 Å². The van der Waals surface area contributed by atoms with Crippen molar-refractivity contribution in [1.29, 1.82) is 0 Å². The lowest BCUT2D eigenvalue weighted by atomic mass is 10.1. The highest BCUT2D eigenvalue weighted by Crippen LogP contribution is 2.16. The summed E-state index contributed by atoms with van der Waals surface area (Å²) in [5.41, 5.74) is 7.43. The summed E-state index contributed by atoms with van der Waals surface area (Å²) in [6.45, 7) is 9.02. The maximum absolute atomic E-state index is 12.5. The molecule has 0 radical (unpaired) electrons. The summed E-state index contributed by atoms with van der Waals surface area (Å²) in [5, 5.41) is 0. The molecule has 5 nitrogen and oxygen atoms in total. The summed E-state index contributed by atoms with van der Waals surface area (Å²) in [7, 11) is -3.55. The second-order valence-electron chi connectivity index (χ2n) is 5.42. The van der Waals surface area contributed by atoms with Crippen LogP contribution in [0.25, 0.3) is 0 Å². The first-order valence-corrected chi connectivity index (χ1v) is 8.69. The van der Waals surface area contributed by atoms with Gasteiger partial charge in [-0.3, -0.25) is 0 Å². The van der Waals surface area contributed by atoms with Gasteiger partial charge < -0.3 is 10.5 Å². The van der Waals surface area contributed by atoms with Crippen molar-refractivity contribution in [3.05, 3.63) is 29.3 Å². The monoisotopic (exact) mass is 314 g/mol. The highest BCUT2D eigenvalue weighted by atomic mass is 32.2. The van der Waals surface area contributed by atoms with Crippen LogP contribution in [-0.4, -0.2) is 27.7 Å². The van der Waals surface area contributed by atoms with Crippen LogP contribution in [0.4, 0.5) is 0 Å². The first kappa shape index (κ1) is 18.1. The number of ether oxygens (including phenoxy) is 1. The molecular formula is C15H26N2O3S. The quantitative estimate of drug-likeness (QED) is 0.766. The van der Waals surface area contributed by atoms with E-state index in [1.807, 2.05) is 27.7 Å². The lowest BCUT2D eigenvalue weighted by Crippen LogP contribution is -2.41. The highest BCUT2D eigenvalue weighted by molar-refractivity contribution is 7.89. The van der Waals surface area contributed by atoms with Crippen LogP contribution in [0.3, 0.4) is 0 Å². The molecule has 0 fully saturated rings. The SMILES string of the molecule is CCOCC(NS(=O)(=O)c1ccc(CN)c(C)c1)C(C)C. The number of hydrogen-bond donors (Lipinski definition) is 2. The van der Waals surface area contributed by atoms with Crippen molar-refractivity contribution >= 4 is 10.0 Å². The second kappa shape index (κ2) is 7.89. The Morgan fingerprint density at radius 3 is 2.48 bits per heavy atom. The third-order valence-corrected chi connectivity index (χ3v) is 4.94. The van der Waals surface area contributed by atoms with Gasteiger partial charge in [-0.05, 0) is 43.0 Å². The zero-order valence-corrected chi connectivity index (χ0v) is 14.0. The molecule has 0 bridgehead atoms. The van der Waals surface area contributed by atoms with Gasteiger partial charge in [-0.1, -0.05) is 19.9 Å². The van der Waals surface area contributed by atoms with Gasteiger partial charge in [0, 0.05) is 19.2 Å². The molecule has 0 saturated carbocycles. The molecule has 3 N–H and O–H groups in total. The average molecular weight is 314 g/mol. The topological polar surface area (TPSA) is 81.4 Å². The fourth-order valence-electron chi connectivity index (χ4n) is 1.94. The number of hydrogen-bond acceptors (Lipinski definition) is 4. The summed E-state index contributed by atoms with van der Waals surface area (Å²) >= 11 is 0. The third kappa shape index (κ3) is 5.07. The zero-order chi connectivity index (χ0) is 16.0. The van der Waals surface area contributed by atoms with E-state index < -0.39 is 10.0 Å². The predicted molar refractivity (Wildman–Crippen MR) is 84.5 cm³/mol. The highest BCUT2D eigenvalue weighted by Gasteiger charge is 2.23. The maximum atomic E-state index is 12.5. The van der Waals surface area contributed by atoms with Crippen LogP contribution in [0.5, 0.6) is 0 Å². The molecule has 1 atom stereocenters. The Balaban J connectivity index is 2.96. The van der Waals surface area contributed by atoms with E-state index in [1.54, 1.807) is 18.2 Å². The number of nitrogens with one attached hydrogen (secondary N) is 1. The van der Waals surface area contributed by atoms with Gasteiger partial charge in [0.25, 0.3) is 0 Å². The van der Waals surface area contributed by atoms with Gasteiger partial charge in [-0.15, -0.1) is 0 Å². The molecule has 1 aromatic carbocycles. The number of rotatable bonds is 8. The number of nitrogens with two attached hydrogens (primary N) is 1. The Morgan fingerprint density at radius 2 is 2.00 bits per heavy atom. The molecule has 1 aromatic rings. The lowest BCUT2D eigenvalue weighted by molar-refractivity contribution is 0.116. The molecule has 0 heterocycles. The summed E-state index contributed by atoms with van der Waals surface area (Å²) in [4.78, 5) is 0.263. The molecule has 0 aliphatic carbocycles. The Kier molecular flexibility index (Phi) is 6.80. The lowest BCUT2D eigenvalue weighted by Gasteiger charge is -2.22. The minimum atomic E-state index is -3.55. The van der Waals surface area contributed by atoms with Crippen LogP contribution in [0.2, 0.25) is 0 Å². The molecular weight excluding hydrogens is 288 g/mol. The van der Waals surface area contributed by atoms with Gasteiger partial charge in [0.05, 0.1) is 11.5 Å². The van der Waals surface area contributed by atoms with E-state index in [-0.39, 0.29) is 16.9 Å². The van der Waals surface area contributed by atoms with Crippen molar-refractivity contribution in [2.24, 2.45) is 11.7 Å². The fraction of sp³-hybridized carbons (Fsp3) is 0.600. The molecule has 0 aliphatic rings. The predicted octanol–water partition coefficient (Wildman–Crippen LogP) is 1.79. The molecule has 1 rings (SSSR count). The van der Waals surface area contributed by atoms with Crippen molar-refractivity contribution in [2.75, 3.05) is 13.2 Å². The van der Waals surface area contributed by atoms with Crippen molar-refractivity contribution in [3.8, 4) is 0 Å². The number of benzene rings is 1. The van der Waals surface area contributed by atoms with Crippen LogP contribution >= 0.6 is 0 Å². The largest absolute Gasteiger partial charge is 0.380 e. The van der Waals surface area contributed by atoms with Crippen LogP contribution in [0.1, 0.15) is 31.9 Å². The van der Waals surface area contributed by atoms with Gasteiger partial charge in [0.2, 0.25) is 10.0 Å². The first-order valence-electron chi connectivity index (χ1n) is 7.21. The molecule has 0 aromatic heterocycles. The Labute approximate surface area is 127 Å². The normalized spacial score (nSPS) is 13.6. The number of sulfonamides is 1. The van der Waals surface area contributed by atoms with Crippen molar-refractivity contribution < 1.29 is 13.2 Å². The van der Waals surface area contributed by atoms with Crippen LogP contribution in [-0.2, 0) is 21.3 Å². The summed E-state index contributed by atoms with van der Waals surface area (Å²) in [6, 6.07) is 4.76. The van der Waals surface area contributed by atoms with E-state index in [1.165, 1.54) is 0 Å². The Morgan fingerprint density at radius 1 is 1.33 bits per heavy atom. The second-order valence-corrected chi connectivity index (χ2v) is 7.14. The van der Waals surface area contributed by atoms with Crippen molar-refractivity contribution in [2.45, 2.75) is 45.2 Å². The molecule has 0 saturated heterocycles. The van der Waals surface area contributed by atoms with E-state index in [9.17, 15) is 8.42 Å². The van der Waals surface area contributed by atoms with E-state index in [0.29, 0.717) is 19.8 Å². The minimum Gasteiger partial charge on any atom is -0.380 e. The van der Waals surface area contributed by atoms with E-state index >= 15 is 0 Å². The first-order chi connectivity index (χ1) is 9.81. The molecule has 120 valence electrons. The third-order valence-electron chi connectivity index (χ3n) is 3.46. The molecule has 6 heteroatoms. The zero-order valence-electron chi connectivity index (χ0n) is 13.2. The molecule has 21 heavy (non-hydrogen) atoms. The van der Waals surface area contributed by atoms with E-state index in [4.69, 9.17) is 10.5 Å². The van der Waals surface area contributed by atoms with Crippen LogP contribution < -0.4 is 10.5 Å². The summed E-state index contributed by atoms with van der Waals surface area (Å²) < 4.78 is 33.0. The van der Waals surface area contributed by atoms with Crippen LogP contribution in [0, 0.1) is 12.8 Å². The minimum absolute atomic E-state index is 0.149. The molecule has 0 aliphatic heterocycles. The Hall–Kier alpha value is -0.950. The van der Waals surface area contributed by atoms with E-state index in [0.717, 1.165) is 11.1 Å². The standard InChI is InChI=1S/C15H26N2O3S/c1-5-20-10-15(11(2)3)17-21(18,19)14-7-6-13(9-16)12(4)8-14/h6-8,11,15,17H,5,9-10,16H2,1-4H3.